The summed E-state index contributed by atoms with van der Waals surface area (Å²) in [5, 5.41) is 6.13. The third kappa shape index (κ3) is 3.28. The van der Waals surface area contributed by atoms with Crippen LogP contribution in [-0.2, 0) is 26.4 Å². The van der Waals surface area contributed by atoms with Crippen molar-refractivity contribution in [2.45, 2.75) is 37.3 Å². The van der Waals surface area contributed by atoms with Gasteiger partial charge in [0.05, 0.1) is 0 Å². The van der Waals surface area contributed by atoms with Crippen LogP contribution >= 0.6 is 11.6 Å². The van der Waals surface area contributed by atoms with Crippen LogP contribution in [0.3, 0.4) is 0 Å². The van der Waals surface area contributed by atoms with Gasteiger partial charge in [-0.1, -0.05) is 5.16 Å². The third-order valence-electron chi connectivity index (χ3n) is 3.22. The van der Waals surface area contributed by atoms with E-state index < -0.39 is 10.9 Å². The first-order chi connectivity index (χ1) is 9.57. The van der Waals surface area contributed by atoms with E-state index in [4.69, 9.17) is 25.6 Å². The first-order valence-electron chi connectivity index (χ1n) is 6.43. The van der Waals surface area contributed by atoms with E-state index in [0.29, 0.717) is 37.8 Å². The maximum Gasteiger partial charge on any atom is 0.252 e. The highest BCUT2D eigenvalue weighted by Gasteiger charge is 2.41. The zero-order valence-electron chi connectivity index (χ0n) is 11.5. The van der Waals surface area contributed by atoms with Gasteiger partial charge in [-0.25, -0.2) is 0 Å². The summed E-state index contributed by atoms with van der Waals surface area (Å²) in [7, 11) is 1.55. The predicted molar refractivity (Wildman–Crippen MR) is 70.2 cm³/mol. The quantitative estimate of drug-likeness (QED) is 0.816. The molecule has 2 rings (SSSR count). The van der Waals surface area contributed by atoms with Crippen LogP contribution in [0.25, 0.3) is 0 Å². The summed E-state index contributed by atoms with van der Waals surface area (Å²) in [5.41, 5.74) is -0.711. The summed E-state index contributed by atoms with van der Waals surface area (Å²) < 4.78 is 15.6. The van der Waals surface area contributed by atoms with Crippen LogP contribution < -0.4 is 5.32 Å². The number of rotatable bonds is 5. The van der Waals surface area contributed by atoms with E-state index >= 15 is 0 Å². The number of hydrogen-bond donors (Lipinski definition) is 1. The van der Waals surface area contributed by atoms with Gasteiger partial charge in [0.25, 0.3) is 5.89 Å². The molecule has 2 heterocycles. The average Bonchev–Trinajstić information content (AvgIpc) is 2.89. The van der Waals surface area contributed by atoms with Crippen molar-refractivity contribution >= 4 is 17.5 Å². The lowest BCUT2D eigenvalue weighted by molar-refractivity contribution is -0.124. The number of ether oxygens (including phenoxy) is 2. The molecule has 1 N–H and O–H groups in total. The minimum absolute atomic E-state index is 0.260. The van der Waals surface area contributed by atoms with Gasteiger partial charge in [-0.2, -0.15) is 4.98 Å². The van der Waals surface area contributed by atoms with Gasteiger partial charge < -0.3 is 19.3 Å². The van der Waals surface area contributed by atoms with E-state index in [0.717, 1.165) is 0 Å². The second-order valence-electron chi connectivity index (χ2n) is 4.75. The molecule has 112 valence electrons. The number of carbonyl (C=O) groups is 1. The third-order valence-corrected chi connectivity index (χ3v) is 3.42. The SMILES string of the molecule is COCc1noc(C2(NC(=O)C(C)Cl)CCOCC2)n1. The lowest BCUT2D eigenvalue weighted by atomic mass is 9.89. The summed E-state index contributed by atoms with van der Waals surface area (Å²) in [5.74, 6) is 0.556. The Morgan fingerprint density at radius 3 is 2.85 bits per heavy atom. The molecule has 0 saturated carbocycles. The van der Waals surface area contributed by atoms with Gasteiger partial charge in [0.2, 0.25) is 5.91 Å². The molecule has 1 atom stereocenters. The topological polar surface area (TPSA) is 86.5 Å². The van der Waals surface area contributed by atoms with E-state index in [1.165, 1.54) is 0 Å². The van der Waals surface area contributed by atoms with Crippen molar-refractivity contribution < 1.29 is 18.8 Å². The van der Waals surface area contributed by atoms with Gasteiger partial charge in [0, 0.05) is 33.2 Å². The standard InChI is InChI=1S/C12H18ClN3O4/c1-8(13)10(17)15-12(3-5-19-6-4-12)11-14-9(7-18-2)16-20-11/h8H,3-7H2,1-2H3,(H,15,17). The molecular formula is C12H18ClN3O4. The van der Waals surface area contributed by atoms with Crippen molar-refractivity contribution in [1.29, 1.82) is 0 Å². The van der Waals surface area contributed by atoms with Crippen molar-refractivity contribution in [1.82, 2.24) is 15.5 Å². The van der Waals surface area contributed by atoms with Crippen molar-refractivity contribution in [3.63, 3.8) is 0 Å². The fourth-order valence-electron chi connectivity index (χ4n) is 2.08. The molecule has 0 aliphatic carbocycles. The number of methoxy groups -OCH3 is 1. The normalized spacial score (nSPS) is 19.6. The number of carbonyl (C=O) groups excluding carboxylic acids is 1. The summed E-state index contributed by atoms with van der Waals surface area (Å²) in [6.45, 7) is 2.90. The number of halogens is 1. The minimum Gasteiger partial charge on any atom is -0.381 e. The Morgan fingerprint density at radius 2 is 2.25 bits per heavy atom. The second-order valence-corrected chi connectivity index (χ2v) is 5.40. The number of alkyl halides is 1. The van der Waals surface area contributed by atoms with Gasteiger partial charge >= 0.3 is 0 Å². The predicted octanol–water partition coefficient (Wildman–Crippen LogP) is 0.965. The Kier molecular flexibility index (Phi) is 4.95. The molecule has 1 aliphatic heterocycles. The maximum atomic E-state index is 11.9. The average molecular weight is 304 g/mol. The van der Waals surface area contributed by atoms with Crippen LogP contribution in [-0.4, -0.2) is 41.7 Å². The molecule has 1 unspecified atom stereocenters. The second kappa shape index (κ2) is 6.51. The molecule has 1 aliphatic rings. The molecular weight excluding hydrogens is 286 g/mol. The minimum atomic E-state index is -0.711. The van der Waals surface area contributed by atoms with Gasteiger partial charge in [-0.3, -0.25) is 4.79 Å². The molecule has 7 nitrogen and oxygen atoms in total. The Bertz CT molecular complexity index is 457. The lowest BCUT2D eigenvalue weighted by Gasteiger charge is -2.34. The molecule has 1 fully saturated rings. The molecule has 1 aromatic heterocycles. The highest BCUT2D eigenvalue weighted by Crippen LogP contribution is 2.31. The Hall–Kier alpha value is -1.18. The van der Waals surface area contributed by atoms with Crippen molar-refractivity contribution in [3.8, 4) is 0 Å². The highest BCUT2D eigenvalue weighted by molar-refractivity contribution is 6.30. The molecule has 0 bridgehead atoms. The number of amides is 1. The lowest BCUT2D eigenvalue weighted by Crippen LogP contribution is -2.51. The first kappa shape index (κ1) is 15.2. The van der Waals surface area contributed by atoms with Gasteiger partial charge in [0.1, 0.15) is 17.5 Å². The van der Waals surface area contributed by atoms with Crippen molar-refractivity contribution in [2.75, 3.05) is 20.3 Å². The first-order valence-corrected chi connectivity index (χ1v) is 6.87. The summed E-state index contributed by atoms with van der Waals surface area (Å²) in [4.78, 5) is 16.2. The van der Waals surface area contributed by atoms with Crippen LogP contribution in [0.2, 0.25) is 0 Å². The van der Waals surface area contributed by atoms with E-state index in [-0.39, 0.29) is 12.5 Å². The molecule has 8 heteroatoms. The Labute approximate surface area is 122 Å². The van der Waals surface area contributed by atoms with Crippen LogP contribution in [0.5, 0.6) is 0 Å². The highest BCUT2D eigenvalue weighted by atomic mass is 35.5. The maximum absolute atomic E-state index is 11.9. The number of nitrogens with one attached hydrogen (secondary N) is 1. The van der Waals surface area contributed by atoms with E-state index in [2.05, 4.69) is 15.5 Å². The number of nitrogens with zero attached hydrogens (tertiary/aromatic N) is 2. The Balaban J connectivity index is 2.23. The van der Waals surface area contributed by atoms with Gasteiger partial charge in [-0.05, 0) is 6.92 Å². The molecule has 1 aromatic rings. The number of hydrogen-bond acceptors (Lipinski definition) is 6. The van der Waals surface area contributed by atoms with Gasteiger partial charge in [-0.15, -0.1) is 11.6 Å². The number of aromatic nitrogens is 2. The van der Waals surface area contributed by atoms with Gasteiger partial charge in [0.15, 0.2) is 5.82 Å². The van der Waals surface area contributed by atoms with E-state index in [9.17, 15) is 4.79 Å². The van der Waals surface area contributed by atoms with E-state index in [1.807, 2.05) is 0 Å². The van der Waals surface area contributed by atoms with Crippen molar-refractivity contribution in [2.24, 2.45) is 0 Å². The zero-order chi connectivity index (χ0) is 14.6. The molecule has 1 amide bonds. The smallest absolute Gasteiger partial charge is 0.252 e. The Morgan fingerprint density at radius 1 is 1.55 bits per heavy atom. The summed E-state index contributed by atoms with van der Waals surface area (Å²) in [6.07, 6.45) is 1.13. The molecule has 0 aromatic carbocycles. The van der Waals surface area contributed by atoms with Crippen LogP contribution in [0.15, 0.2) is 4.52 Å². The fourth-order valence-corrected chi connectivity index (χ4v) is 2.14. The largest absolute Gasteiger partial charge is 0.381 e. The molecule has 1 saturated heterocycles. The van der Waals surface area contributed by atoms with Crippen LogP contribution in [0.1, 0.15) is 31.5 Å². The van der Waals surface area contributed by atoms with Crippen LogP contribution in [0, 0.1) is 0 Å². The molecule has 20 heavy (non-hydrogen) atoms. The summed E-state index contributed by atoms with van der Waals surface area (Å²) >= 11 is 5.82. The van der Waals surface area contributed by atoms with E-state index in [1.54, 1.807) is 14.0 Å². The molecule has 0 spiro atoms. The zero-order valence-corrected chi connectivity index (χ0v) is 12.3. The van der Waals surface area contributed by atoms with Crippen LogP contribution in [0.4, 0.5) is 0 Å². The van der Waals surface area contributed by atoms with Crippen molar-refractivity contribution in [3.05, 3.63) is 11.7 Å². The fraction of sp³-hybridized carbons (Fsp3) is 0.750. The summed E-state index contributed by atoms with van der Waals surface area (Å²) in [6, 6.07) is 0. The molecule has 0 radical (unpaired) electrons. The monoisotopic (exact) mass is 303 g/mol.